The average Bonchev–Trinajstić information content (AvgIpc) is 2.38. The molecule has 0 aliphatic carbocycles. The van der Waals surface area contributed by atoms with Crippen molar-refractivity contribution in [2.45, 2.75) is 19.4 Å². The molecule has 0 saturated heterocycles. The molecule has 0 saturated carbocycles. The van der Waals surface area contributed by atoms with Crippen LogP contribution in [-0.2, 0) is 4.74 Å². The van der Waals surface area contributed by atoms with E-state index in [1.165, 1.54) is 14.0 Å². The summed E-state index contributed by atoms with van der Waals surface area (Å²) in [5, 5.41) is 22.9. The first-order valence-corrected chi connectivity index (χ1v) is 5.89. The van der Waals surface area contributed by atoms with Gasteiger partial charge in [0.2, 0.25) is 11.8 Å². The third kappa shape index (κ3) is 3.98. The minimum Gasteiger partial charge on any atom is -0.396 e. The number of nitro groups is 1. The van der Waals surface area contributed by atoms with Gasteiger partial charge in [-0.05, 0) is 13.3 Å². The van der Waals surface area contributed by atoms with Crippen LogP contribution >= 0.6 is 0 Å². The van der Waals surface area contributed by atoms with Crippen LogP contribution in [0.3, 0.4) is 0 Å². The maximum absolute atomic E-state index is 11.1. The second-order valence-corrected chi connectivity index (χ2v) is 4.04. The van der Waals surface area contributed by atoms with Crippen LogP contribution in [0.25, 0.3) is 0 Å². The Labute approximate surface area is 115 Å². The average molecular weight is 286 g/mol. The third-order valence-electron chi connectivity index (χ3n) is 2.56. The Kier molecular flexibility index (Phi) is 6.03. The number of aryl methyl sites for hydroxylation is 1. The number of rotatable bonds is 8. The number of aromatic nitrogens is 2. The monoisotopic (exact) mass is 286 g/mol. The van der Waals surface area contributed by atoms with Gasteiger partial charge in [0.25, 0.3) is 0 Å². The molecule has 1 aromatic rings. The van der Waals surface area contributed by atoms with E-state index in [4.69, 9.17) is 15.7 Å². The molecule has 1 heterocycles. The van der Waals surface area contributed by atoms with E-state index in [-0.39, 0.29) is 42.4 Å². The first kappa shape index (κ1) is 16.0. The molecule has 0 bridgehead atoms. The number of hydrogen-bond acceptors (Lipinski definition) is 9. The van der Waals surface area contributed by atoms with Crippen molar-refractivity contribution in [3.8, 4) is 0 Å². The molecular weight excluding hydrogens is 268 g/mol. The van der Waals surface area contributed by atoms with Crippen LogP contribution in [0.2, 0.25) is 0 Å². The highest BCUT2D eigenvalue weighted by atomic mass is 16.6. The molecule has 1 unspecified atom stereocenters. The van der Waals surface area contributed by atoms with E-state index in [2.05, 4.69) is 20.7 Å². The van der Waals surface area contributed by atoms with E-state index in [0.29, 0.717) is 6.42 Å². The smallest absolute Gasteiger partial charge is 0.332 e. The van der Waals surface area contributed by atoms with Crippen molar-refractivity contribution < 1.29 is 14.8 Å². The number of anilines is 2. The summed E-state index contributed by atoms with van der Waals surface area (Å²) in [4.78, 5) is 18.3. The summed E-state index contributed by atoms with van der Waals surface area (Å²) < 4.78 is 4.99. The topological polar surface area (TPSA) is 148 Å². The van der Waals surface area contributed by atoms with Gasteiger partial charge in [-0.25, -0.2) is 10.8 Å². The standard InChI is InChI=1S/C10H18N6O4/c1-6-8(16(18)19)9(14-10(12-6)15-11)13-7(3-4-17)5-20-2/h7,17H,3-5,11H2,1-2H3,(H2,12,13,14,15). The minimum absolute atomic E-state index is 0.0333. The molecule has 5 N–H and O–H groups in total. The molecule has 0 spiro atoms. The molecule has 112 valence electrons. The van der Waals surface area contributed by atoms with Crippen molar-refractivity contribution in [3.63, 3.8) is 0 Å². The maximum atomic E-state index is 11.1. The predicted octanol–water partition coefficient (Wildman–Crippen LogP) is -0.212. The number of hydrogen-bond donors (Lipinski definition) is 4. The van der Waals surface area contributed by atoms with Gasteiger partial charge >= 0.3 is 5.69 Å². The number of ether oxygens (including phenoxy) is 1. The van der Waals surface area contributed by atoms with Crippen LogP contribution in [0.15, 0.2) is 0 Å². The van der Waals surface area contributed by atoms with E-state index >= 15 is 0 Å². The third-order valence-corrected chi connectivity index (χ3v) is 2.56. The van der Waals surface area contributed by atoms with Crippen LogP contribution in [-0.4, -0.2) is 46.4 Å². The molecule has 0 radical (unpaired) electrons. The summed E-state index contributed by atoms with van der Waals surface area (Å²) in [6.45, 7) is 1.68. The largest absolute Gasteiger partial charge is 0.396 e. The van der Waals surface area contributed by atoms with E-state index < -0.39 is 4.92 Å². The Bertz CT molecular complexity index is 463. The van der Waals surface area contributed by atoms with Gasteiger partial charge in [-0.2, -0.15) is 4.98 Å². The first-order chi connectivity index (χ1) is 9.53. The van der Waals surface area contributed by atoms with E-state index in [1.807, 2.05) is 0 Å². The van der Waals surface area contributed by atoms with Gasteiger partial charge in [0.15, 0.2) is 0 Å². The lowest BCUT2D eigenvalue weighted by Crippen LogP contribution is -2.27. The molecule has 0 amide bonds. The second kappa shape index (κ2) is 7.53. The minimum atomic E-state index is -0.569. The predicted molar refractivity (Wildman–Crippen MR) is 72.2 cm³/mol. The molecule has 1 aromatic heterocycles. The highest BCUT2D eigenvalue weighted by Gasteiger charge is 2.24. The van der Waals surface area contributed by atoms with E-state index in [1.54, 1.807) is 0 Å². The Hall–Kier alpha value is -2.04. The summed E-state index contributed by atoms with van der Waals surface area (Å²) in [6, 6.07) is -0.316. The quantitative estimate of drug-likeness (QED) is 0.289. The summed E-state index contributed by atoms with van der Waals surface area (Å²) in [6.07, 6.45) is 0.361. The molecule has 1 atom stereocenters. The highest BCUT2D eigenvalue weighted by Crippen LogP contribution is 2.27. The SMILES string of the molecule is COCC(CCO)Nc1nc(NN)nc(C)c1[N+](=O)[O-]. The molecule has 10 heteroatoms. The molecule has 1 rings (SSSR count). The van der Waals surface area contributed by atoms with E-state index in [0.717, 1.165) is 0 Å². The van der Waals surface area contributed by atoms with Crippen molar-refractivity contribution in [1.82, 2.24) is 9.97 Å². The number of nitrogens with zero attached hydrogens (tertiary/aromatic N) is 3. The van der Waals surface area contributed by atoms with Gasteiger partial charge in [-0.1, -0.05) is 0 Å². The van der Waals surface area contributed by atoms with Gasteiger partial charge in [0.1, 0.15) is 5.69 Å². The zero-order valence-electron chi connectivity index (χ0n) is 11.3. The Balaban J connectivity index is 3.12. The van der Waals surface area contributed by atoms with Crippen LogP contribution < -0.4 is 16.6 Å². The molecule has 0 aromatic carbocycles. The molecular formula is C10H18N6O4. The van der Waals surface area contributed by atoms with Gasteiger partial charge in [-0.15, -0.1) is 0 Å². The summed E-state index contributed by atoms with van der Waals surface area (Å²) in [5.41, 5.74) is 2.19. The normalized spacial score (nSPS) is 12.0. The van der Waals surface area contributed by atoms with Gasteiger partial charge in [-0.3, -0.25) is 15.5 Å². The van der Waals surface area contributed by atoms with Crippen molar-refractivity contribution >= 4 is 17.5 Å². The van der Waals surface area contributed by atoms with Crippen LogP contribution in [0.5, 0.6) is 0 Å². The van der Waals surface area contributed by atoms with Crippen LogP contribution in [0.4, 0.5) is 17.5 Å². The lowest BCUT2D eigenvalue weighted by Gasteiger charge is -2.18. The zero-order valence-corrected chi connectivity index (χ0v) is 11.3. The lowest BCUT2D eigenvalue weighted by atomic mass is 10.2. The number of aliphatic hydroxyl groups excluding tert-OH is 1. The number of nitrogens with two attached hydrogens (primary N) is 1. The fourth-order valence-electron chi connectivity index (χ4n) is 1.70. The number of nitrogens with one attached hydrogen (secondary N) is 2. The number of hydrazine groups is 1. The van der Waals surface area contributed by atoms with Crippen molar-refractivity contribution in [2.24, 2.45) is 5.84 Å². The summed E-state index contributed by atoms with van der Waals surface area (Å²) in [5.74, 6) is 5.32. The molecule has 0 aliphatic heterocycles. The van der Waals surface area contributed by atoms with Gasteiger partial charge in [0, 0.05) is 13.7 Å². The van der Waals surface area contributed by atoms with Crippen LogP contribution in [0, 0.1) is 17.0 Å². The van der Waals surface area contributed by atoms with E-state index in [9.17, 15) is 10.1 Å². The zero-order chi connectivity index (χ0) is 15.1. The summed E-state index contributed by atoms with van der Waals surface area (Å²) in [7, 11) is 1.50. The first-order valence-electron chi connectivity index (χ1n) is 5.89. The van der Waals surface area contributed by atoms with Crippen LogP contribution in [0.1, 0.15) is 12.1 Å². The molecule has 10 nitrogen and oxygen atoms in total. The van der Waals surface area contributed by atoms with Crippen molar-refractivity contribution in [1.29, 1.82) is 0 Å². The lowest BCUT2D eigenvalue weighted by molar-refractivity contribution is -0.385. The molecule has 20 heavy (non-hydrogen) atoms. The molecule has 0 fully saturated rings. The number of aliphatic hydroxyl groups is 1. The van der Waals surface area contributed by atoms with Crippen molar-refractivity contribution in [3.05, 3.63) is 15.8 Å². The fraction of sp³-hybridized carbons (Fsp3) is 0.600. The summed E-state index contributed by atoms with van der Waals surface area (Å²) >= 11 is 0. The number of nitrogen functional groups attached to an aromatic ring is 1. The van der Waals surface area contributed by atoms with Gasteiger partial charge < -0.3 is 15.2 Å². The van der Waals surface area contributed by atoms with Crippen molar-refractivity contribution in [2.75, 3.05) is 31.1 Å². The Morgan fingerprint density at radius 1 is 1.55 bits per heavy atom. The Morgan fingerprint density at radius 3 is 2.75 bits per heavy atom. The Morgan fingerprint density at radius 2 is 2.25 bits per heavy atom. The highest BCUT2D eigenvalue weighted by molar-refractivity contribution is 5.61. The van der Waals surface area contributed by atoms with Gasteiger partial charge in [0.05, 0.1) is 17.6 Å². The molecule has 0 aliphatic rings. The number of methoxy groups -OCH3 is 1. The second-order valence-electron chi connectivity index (χ2n) is 4.04. The fourth-order valence-corrected chi connectivity index (χ4v) is 1.70. The maximum Gasteiger partial charge on any atom is 0.332 e.